The third kappa shape index (κ3) is 3.50. The van der Waals surface area contributed by atoms with E-state index in [2.05, 4.69) is 6.92 Å². The molecule has 2 aromatic carbocycles. The summed E-state index contributed by atoms with van der Waals surface area (Å²) in [5.41, 5.74) is 3.13. The fourth-order valence-electron chi connectivity index (χ4n) is 2.39. The van der Waals surface area contributed by atoms with Gasteiger partial charge in [-0.05, 0) is 49.0 Å². The van der Waals surface area contributed by atoms with Gasteiger partial charge in [-0.1, -0.05) is 47.5 Å². The summed E-state index contributed by atoms with van der Waals surface area (Å²) in [7, 11) is -4.31. The van der Waals surface area contributed by atoms with Gasteiger partial charge in [0.1, 0.15) is 0 Å². The van der Waals surface area contributed by atoms with Crippen LogP contribution < -0.4 is 0 Å². The predicted octanol–water partition coefficient (Wildman–Crippen LogP) is 4.08. The molecule has 0 radical (unpaired) electrons. The van der Waals surface area contributed by atoms with Gasteiger partial charge < -0.3 is 0 Å². The van der Waals surface area contributed by atoms with Crippen molar-refractivity contribution in [3.63, 3.8) is 0 Å². The molecule has 1 heterocycles. The van der Waals surface area contributed by atoms with Crippen LogP contribution in [0.3, 0.4) is 0 Å². The van der Waals surface area contributed by atoms with Crippen LogP contribution in [0.5, 0.6) is 0 Å². The molecule has 0 fully saturated rings. The van der Waals surface area contributed by atoms with Crippen LogP contribution in [0.15, 0.2) is 81.1 Å². The minimum absolute atomic E-state index is 0.318. The smallest absolute Gasteiger partial charge is 0.212 e. The molecule has 1 aliphatic heterocycles. The second kappa shape index (κ2) is 7.01. The molecule has 0 unspecified atom stereocenters. The molecular formula is C18H20N2O2S2. The van der Waals surface area contributed by atoms with Crippen molar-refractivity contribution in [2.75, 3.05) is 12.3 Å². The Morgan fingerprint density at radius 2 is 1.50 bits per heavy atom. The van der Waals surface area contributed by atoms with Crippen LogP contribution in [0.4, 0.5) is 5.69 Å². The van der Waals surface area contributed by atoms with Gasteiger partial charge in [0.25, 0.3) is 10.0 Å². The molecule has 1 atom stereocenters. The Kier molecular flexibility index (Phi) is 4.99. The summed E-state index contributed by atoms with van der Waals surface area (Å²) < 4.78 is 32.4. The number of rotatable bonds is 3. The summed E-state index contributed by atoms with van der Waals surface area (Å²) in [4.78, 5) is 0.318. The zero-order chi connectivity index (χ0) is 17.2. The van der Waals surface area contributed by atoms with Crippen LogP contribution in [0.2, 0.25) is 0 Å². The topological polar surface area (TPSA) is 49.7 Å². The van der Waals surface area contributed by atoms with Crippen molar-refractivity contribution >= 4 is 26.6 Å². The highest BCUT2D eigenvalue weighted by Gasteiger charge is 2.31. The molecular weight excluding hydrogens is 340 g/mol. The van der Waals surface area contributed by atoms with E-state index >= 15 is 0 Å². The number of benzene rings is 2. The second-order valence-corrected chi connectivity index (χ2v) is 9.44. The summed E-state index contributed by atoms with van der Waals surface area (Å²) in [5, 5.41) is 0. The number of sulfonamides is 1. The van der Waals surface area contributed by atoms with Gasteiger partial charge in [0.05, 0.1) is 10.6 Å². The maximum atomic E-state index is 13.1. The lowest BCUT2D eigenvalue weighted by atomic mass is 10.2. The maximum Gasteiger partial charge on any atom is 0.253 e. The highest BCUT2D eigenvalue weighted by Crippen LogP contribution is 2.27. The van der Waals surface area contributed by atoms with E-state index in [0.717, 1.165) is 11.3 Å². The highest BCUT2D eigenvalue weighted by atomic mass is 32.3. The normalized spacial score (nSPS) is 19.7. The van der Waals surface area contributed by atoms with Gasteiger partial charge in [0.2, 0.25) is 0 Å². The standard InChI is InChI=1S/C18H20N2O2S2/c1-15-13-20(24(21,22)18-11-7-4-8-12-18)23(14-16(15)2)19-17-9-5-3-6-10-17/h3-12H,13-14H2,1-2H3/t23-/m0/s1. The minimum Gasteiger partial charge on any atom is -0.212 e. The van der Waals surface area contributed by atoms with E-state index in [1.165, 1.54) is 9.28 Å². The molecule has 4 nitrogen and oxygen atoms in total. The average Bonchev–Trinajstić information content (AvgIpc) is 2.59. The fourth-order valence-corrected chi connectivity index (χ4v) is 6.55. The van der Waals surface area contributed by atoms with Gasteiger partial charge in [0.15, 0.2) is 0 Å². The quantitative estimate of drug-likeness (QED) is 0.775. The third-order valence-electron chi connectivity index (χ3n) is 3.95. The van der Waals surface area contributed by atoms with Gasteiger partial charge in [-0.25, -0.2) is 12.8 Å². The Bertz CT molecular complexity index is 889. The molecule has 0 N–H and O–H groups in total. The molecule has 0 aliphatic carbocycles. The van der Waals surface area contributed by atoms with Crippen LogP contribution in [0.25, 0.3) is 0 Å². The lowest BCUT2D eigenvalue weighted by Gasteiger charge is -2.30. The Hall–Kier alpha value is -1.76. The average molecular weight is 361 g/mol. The van der Waals surface area contributed by atoms with Crippen LogP contribution in [-0.4, -0.2) is 24.4 Å². The Labute approximate surface area is 146 Å². The summed E-state index contributed by atoms with van der Waals surface area (Å²) in [6.07, 6.45) is 0. The van der Waals surface area contributed by atoms with Gasteiger partial charge in [0, 0.05) is 12.3 Å². The molecule has 126 valence electrons. The first-order valence-corrected chi connectivity index (χ1v) is 10.4. The molecule has 24 heavy (non-hydrogen) atoms. The number of hydrogen-bond donors (Lipinski definition) is 0. The van der Waals surface area contributed by atoms with E-state index in [-0.39, 0.29) is 0 Å². The highest BCUT2D eigenvalue weighted by molar-refractivity contribution is 8.02. The van der Waals surface area contributed by atoms with E-state index in [9.17, 15) is 8.42 Å². The largest absolute Gasteiger partial charge is 0.253 e. The van der Waals surface area contributed by atoms with Crippen molar-refractivity contribution < 1.29 is 8.42 Å². The molecule has 0 saturated carbocycles. The molecule has 0 aromatic heterocycles. The first-order valence-electron chi connectivity index (χ1n) is 7.69. The van der Waals surface area contributed by atoms with Crippen molar-refractivity contribution in [3.05, 3.63) is 71.8 Å². The molecule has 2 aromatic rings. The van der Waals surface area contributed by atoms with Crippen molar-refractivity contribution in [1.82, 2.24) is 3.71 Å². The summed E-state index contributed by atoms with van der Waals surface area (Å²) in [5.74, 6) is 0.646. The van der Waals surface area contributed by atoms with Gasteiger partial charge in [-0.15, -0.1) is 3.71 Å². The molecule has 6 heteroatoms. The first kappa shape index (κ1) is 17.1. The SMILES string of the molecule is CC1=C(C)C[S@@](=Nc2ccccc2)N(S(=O)(=O)c2ccccc2)C1. The van der Waals surface area contributed by atoms with E-state index in [0.29, 0.717) is 17.2 Å². The molecule has 1 aliphatic rings. The van der Waals surface area contributed by atoms with E-state index in [1.54, 1.807) is 24.3 Å². The molecule has 0 bridgehead atoms. The predicted molar refractivity (Wildman–Crippen MR) is 99.5 cm³/mol. The van der Waals surface area contributed by atoms with Crippen LogP contribution in [0.1, 0.15) is 13.8 Å². The van der Waals surface area contributed by atoms with Crippen LogP contribution in [0, 0.1) is 0 Å². The third-order valence-corrected chi connectivity index (χ3v) is 8.30. The summed E-state index contributed by atoms with van der Waals surface area (Å²) in [6.45, 7) is 4.44. The molecule has 0 spiro atoms. The maximum absolute atomic E-state index is 13.1. The zero-order valence-corrected chi connectivity index (χ0v) is 15.3. The Morgan fingerprint density at radius 3 is 2.12 bits per heavy atom. The lowest BCUT2D eigenvalue weighted by Crippen LogP contribution is -2.38. The lowest BCUT2D eigenvalue weighted by molar-refractivity contribution is 0.548. The van der Waals surface area contributed by atoms with E-state index in [4.69, 9.17) is 4.36 Å². The Morgan fingerprint density at radius 1 is 0.917 bits per heavy atom. The zero-order valence-electron chi connectivity index (χ0n) is 13.7. The van der Waals surface area contributed by atoms with Gasteiger partial charge >= 0.3 is 0 Å². The first-order chi connectivity index (χ1) is 11.5. The summed E-state index contributed by atoms with van der Waals surface area (Å²) >= 11 is 0. The number of hydrogen-bond acceptors (Lipinski definition) is 3. The van der Waals surface area contributed by atoms with E-state index in [1.807, 2.05) is 43.3 Å². The second-order valence-electron chi connectivity index (χ2n) is 5.75. The van der Waals surface area contributed by atoms with E-state index < -0.39 is 20.9 Å². The number of nitrogens with zero attached hydrogens (tertiary/aromatic N) is 2. The Balaban J connectivity index is 2.08. The molecule has 0 amide bonds. The van der Waals surface area contributed by atoms with Crippen LogP contribution in [-0.2, 0) is 20.9 Å². The molecule has 3 rings (SSSR count). The van der Waals surface area contributed by atoms with Crippen molar-refractivity contribution in [3.8, 4) is 0 Å². The van der Waals surface area contributed by atoms with Gasteiger partial charge in [-0.3, -0.25) is 0 Å². The summed E-state index contributed by atoms with van der Waals surface area (Å²) in [6, 6.07) is 18.2. The van der Waals surface area contributed by atoms with Gasteiger partial charge in [-0.2, -0.15) is 0 Å². The molecule has 0 saturated heterocycles. The van der Waals surface area contributed by atoms with Crippen molar-refractivity contribution in [1.29, 1.82) is 0 Å². The van der Waals surface area contributed by atoms with Crippen molar-refractivity contribution in [2.24, 2.45) is 4.36 Å². The minimum atomic E-state index is -3.57. The van der Waals surface area contributed by atoms with Crippen LogP contribution >= 0.6 is 0 Å². The van der Waals surface area contributed by atoms with Crippen molar-refractivity contribution in [2.45, 2.75) is 18.7 Å². The fraction of sp³-hybridized carbons (Fsp3) is 0.222. The monoisotopic (exact) mass is 360 g/mol.